The van der Waals surface area contributed by atoms with Gasteiger partial charge < -0.3 is 10.3 Å². The maximum absolute atomic E-state index is 11.9. The lowest BCUT2D eigenvalue weighted by Crippen LogP contribution is -2.13. The number of hydrogen-bond donors (Lipinski definition) is 2. The second kappa shape index (κ2) is 4.56. The zero-order valence-corrected chi connectivity index (χ0v) is 11.1. The van der Waals surface area contributed by atoms with Crippen molar-refractivity contribution in [1.82, 2.24) is 9.97 Å². The van der Waals surface area contributed by atoms with Crippen LogP contribution in [-0.2, 0) is 4.79 Å². The number of carbonyl (C=O) groups is 1. The van der Waals surface area contributed by atoms with Gasteiger partial charge >= 0.3 is 0 Å². The van der Waals surface area contributed by atoms with E-state index < -0.39 is 0 Å². The van der Waals surface area contributed by atoms with Gasteiger partial charge in [0.15, 0.2) is 0 Å². The molecular weight excluding hydrogens is 264 g/mol. The molecule has 4 rings (SSSR count). The molecule has 102 valence electrons. The van der Waals surface area contributed by atoms with Gasteiger partial charge in [0.1, 0.15) is 6.54 Å². The predicted molar refractivity (Wildman–Crippen MR) is 81.7 cm³/mol. The van der Waals surface area contributed by atoms with E-state index in [4.69, 9.17) is 0 Å². The average molecular weight is 276 g/mol. The summed E-state index contributed by atoms with van der Waals surface area (Å²) in [4.78, 5) is 23.8. The van der Waals surface area contributed by atoms with Gasteiger partial charge in [0.25, 0.3) is 0 Å². The fourth-order valence-electron chi connectivity index (χ4n) is 2.60. The van der Waals surface area contributed by atoms with Crippen molar-refractivity contribution in [2.75, 3.05) is 11.9 Å². The van der Waals surface area contributed by atoms with Crippen LogP contribution >= 0.6 is 0 Å². The molecule has 5 heteroatoms. The number of aliphatic imine (C=N–C) groups is 1. The lowest BCUT2D eigenvalue weighted by molar-refractivity contribution is -0.114. The molecule has 0 fully saturated rings. The summed E-state index contributed by atoms with van der Waals surface area (Å²) in [6, 6.07) is 11.7. The first-order valence-electron chi connectivity index (χ1n) is 6.69. The standard InChI is InChI=1S/C16H12N4O/c21-13-9-18-14(10-4-3-7-17-8-10)16-15(20-13)11-5-1-2-6-12(11)19-16/h1-8,19H,9H2,(H,20,21). The van der Waals surface area contributed by atoms with Gasteiger partial charge in [-0.05, 0) is 18.2 Å². The number of para-hydroxylation sites is 1. The van der Waals surface area contributed by atoms with E-state index in [1.165, 1.54) is 0 Å². The first-order chi connectivity index (χ1) is 10.3. The molecule has 5 nitrogen and oxygen atoms in total. The molecule has 3 heterocycles. The number of benzene rings is 1. The predicted octanol–water partition coefficient (Wildman–Crippen LogP) is 2.35. The molecule has 2 N–H and O–H groups in total. The largest absolute Gasteiger partial charge is 0.351 e. The highest BCUT2D eigenvalue weighted by molar-refractivity contribution is 6.22. The van der Waals surface area contributed by atoms with Crippen molar-refractivity contribution < 1.29 is 4.79 Å². The molecule has 2 aromatic heterocycles. The average Bonchev–Trinajstić information content (AvgIpc) is 2.79. The first kappa shape index (κ1) is 11.8. The molecule has 1 aliphatic heterocycles. The zero-order chi connectivity index (χ0) is 14.2. The van der Waals surface area contributed by atoms with Gasteiger partial charge in [-0.1, -0.05) is 18.2 Å². The molecule has 3 aromatic rings. The molecule has 0 unspecified atom stereocenters. The summed E-state index contributed by atoms with van der Waals surface area (Å²) in [6.45, 7) is 0.112. The molecule has 1 aromatic carbocycles. The second-order valence-electron chi connectivity index (χ2n) is 4.88. The Kier molecular flexibility index (Phi) is 2.57. The van der Waals surface area contributed by atoms with Crippen molar-refractivity contribution in [3.05, 3.63) is 60.0 Å². The van der Waals surface area contributed by atoms with Crippen LogP contribution in [0.3, 0.4) is 0 Å². The van der Waals surface area contributed by atoms with E-state index in [-0.39, 0.29) is 12.5 Å². The van der Waals surface area contributed by atoms with Crippen LogP contribution < -0.4 is 5.32 Å². The summed E-state index contributed by atoms with van der Waals surface area (Å²) >= 11 is 0. The topological polar surface area (TPSA) is 70.1 Å². The van der Waals surface area contributed by atoms with Crippen molar-refractivity contribution in [2.45, 2.75) is 0 Å². The Labute approximate surface area is 120 Å². The molecule has 0 bridgehead atoms. The fourth-order valence-corrected chi connectivity index (χ4v) is 2.60. The molecule has 0 aliphatic carbocycles. The number of H-pyrrole nitrogens is 1. The number of aromatic nitrogens is 2. The normalized spacial score (nSPS) is 14.3. The molecular formula is C16H12N4O. The summed E-state index contributed by atoms with van der Waals surface area (Å²) in [5, 5.41) is 3.93. The Morgan fingerprint density at radius 3 is 2.86 bits per heavy atom. The maximum atomic E-state index is 11.9. The van der Waals surface area contributed by atoms with E-state index >= 15 is 0 Å². The highest BCUT2D eigenvalue weighted by Crippen LogP contribution is 2.30. The Hall–Kier alpha value is -2.95. The van der Waals surface area contributed by atoms with Gasteiger partial charge in [0.05, 0.1) is 17.1 Å². The molecule has 0 spiro atoms. The Morgan fingerprint density at radius 2 is 2.00 bits per heavy atom. The lowest BCUT2D eigenvalue weighted by atomic mass is 10.1. The monoisotopic (exact) mass is 276 g/mol. The lowest BCUT2D eigenvalue weighted by Gasteiger charge is -2.04. The van der Waals surface area contributed by atoms with Crippen molar-refractivity contribution in [3.8, 4) is 0 Å². The number of fused-ring (bicyclic) bond motifs is 3. The van der Waals surface area contributed by atoms with Crippen LogP contribution in [0.1, 0.15) is 11.3 Å². The van der Waals surface area contributed by atoms with Crippen molar-refractivity contribution in [1.29, 1.82) is 0 Å². The van der Waals surface area contributed by atoms with Crippen LogP contribution in [0.2, 0.25) is 0 Å². The van der Waals surface area contributed by atoms with E-state index in [0.29, 0.717) is 0 Å². The minimum absolute atomic E-state index is 0.111. The van der Waals surface area contributed by atoms with Crippen LogP contribution in [0.15, 0.2) is 53.8 Å². The fraction of sp³-hybridized carbons (Fsp3) is 0.0625. The Balaban J connectivity index is 2.00. The number of amides is 1. The molecule has 1 amide bonds. The van der Waals surface area contributed by atoms with E-state index in [1.54, 1.807) is 12.4 Å². The molecule has 21 heavy (non-hydrogen) atoms. The van der Waals surface area contributed by atoms with Crippen LogP contribution in [0.25, 0.3) is 10.9 Å². The number of hydrogen-bond acceptors (Lipinski definition) is 3. The van der Waals surface area contributed by atoms with Gasteiger partial charge in [-0.15, -0.1) is 0 Å². The smallest absolute Gasteiger partial charge is 0.246 e. The Morgan fingerprint density at radius 1 is 1.10 bits per heavy atom. The van der Waals surface area contributed by atoms with E-state index in [1.807, 2.05) is 36.4 Å². The number of pyridine rings is 1. The third kappa shape index (κ3) is 1.90. The first-order valence-corrected chi connectivity index (χ1v) is 6.69. The number of nitrogens with one attached hydrogen (secondary N) is 2. The molecule has 0 saturated heterocycles. The van der Waals surface area contributed by atoms with Gasteiger partial charge in [0, 0.05) is 28.9 Å². The number of aromatic amines is 1. The minimum Gasteiger partial charge on any atom is -0.351 e. The van der Waals surface area contributed by atoms with Gasteiger partial charge in [-0.25, -0.2) is 0 Å². The number of nitrogens with zero attached hydrogens (tertiary/aromatic N) is 2. The SMILES string of the molecule is O=C1CN=C(c2cccnc2)c2[nH]c3ccccc3c2N1. The van der Waals surface area contributed by atoms with Gasteiger partial charge in [0.2, 0.25) is 5.91 Å². The van der Waals surface area contributed by atoms with E-state index in [9.17, 15) is 4.79 Å². The third-order valence-electron chi connectivity index (χ3n) is 3.52. The van der Waals surface area contributed by atoms with Gasteiger partial charge in [-0.3, -0.25) is 14.8 Å². The maximum Gasteiger partial charge on any atom is 0.246 e. The number of rotatable bonds is 1. The highest BCUT2D eigenvalue weighted by Gasteiger charge is 2.22. The quantitative estimate of drug-likeness (QED) is 0.716. The third-order valence-corrected chi connectivity index (χ3v) is 3.52. The van der Waals surface area contributed by atoms with Crippen LogP contribution in [0.4, 0.5) is 5.69 Å². The van der Waals surface area contributed by atoms with Crippen molar-refractivity contribution in [3.63, 3.8) is 0 Å². The highest BCUT2D eigenvalue weighted by atomic mass is 16.1. The zero-order valence-electron chi connectivity index (χ0n) is 11.1. The minimum atomic E-state index is -0.111. The number of carbonyl (C=O) groups excluding carboxylic acids is 1. The van der Waals surface area contributed by atoms with Crippen LogP contribution in [0.5, 0.6) is 0 Å². The summed E-state index contributed by atoms with van der Waals surface area (Å²) in [6.07, 6.45) is 3.47. The number of anilines is 1. The van der Waals surface area contributed by atoms with Crippen molar-refractivity contribution in [2.24, 2.45) is 4.99 Å². The molecule has 0 atom stereocenters. The van der Waals surface area contributed by atoms with Crippen LogP contribution in [-0.4, -0.2) is 28.1 Å². The summed E-state index contributed by atoms with van der Waals surface area (Å²) in [5.41, 5.74) is 4.24. The van der Waals surface area contributed by atoms with E-state index in [2.05, 4.69) is 20.3 Å². The Bertz CT molecular complexity index is 864. The molecule has 0 saturated carbocycles. The molecule has 0 radical (unpaired) electrons. The summed E-state index contributed by atoms with van der Waals surface area (Å²) in [7, 11) is 0. The second-order valence-corrected chi connectivity index (χ2v) is 4.88. The van der Waals surface area contributed by atoms with Gasteiger partial charge in [-0.2, -0.15) is 0 Å². The summed E-state index contributed by atoms with van der Waals surface area (Å²) < 4.78 is 0. The summed E-state index contributed by atoms with van der Waals surface area (Å²) in [5.74, 6) is -0.111. The van der Waals surface area contributed by atoms with Crippen LogP contribution in [0, 0.1) is 0 Å². The van der Waals surface area contributed by atoms with Crippen molar-refractivity contribution >= 4 is 28.2 Å². The van der Waals surface area contributed by atoms with E-state index in [0.717, 1.165) is 33.6 Å². The molecule has 1 aliphatic rings.